The Morgan fingerprint density at radius 1 is 1.00 bits per heavy atom. The van der Waals surface area contributed by atoms with Gasteiger partial charge in [-0.15, -0.1) is 5.10 Å². The molecular formula is C16H26N6OS. The molecule has 1 aromatic rings. The van der Waals surface area contributed by atoms with E-state index in [4.69, 9.17) is 0 Å². The Balaban J connectivity index is 1.38. The van der Waals surface area contributed by atoms with E-state index in [0.717, 1.165) is 63.9 Å². The molecule has 0 spiro atoms. The van der Waals surface area contributed by atoms with Crippen LogP contribution in [0, 0.1) is 0 Å². The first-order valence-electron chi connectivity index (χ1n) is 9.19. The number of hydrogen-bond donors (Lipinski definition) is 0. The Morgan fingerprint density at radius 2 is 1.79 bits per heavy atom. The van der Waals surface area contributed by atoms with Crippen LogP contribution in [0.2, 0.25) is 0 Å². The number of carbonyl (C=O) groups excluding carboxylic acids is 1. The molecule has 2 saturated heterocycles. The van der Waals surface area contributed by atoms with Crippen molar-refractivity contribution in [2.75, 3.05) is 37.7 Å². The van der Waals surface area contributed by atoms with Crippen molar-refractivity contribution in [3.8, 4) is 0 Å². The molecule has 0 bridgehead atoms. The fourth-order valence-corrected chi connectivity index (χ4v) is 5.25. The summed E-state index contributed by atoms with van der Waals surface area (Å²) in [5.41, 5.74) is 0. The van der Waals surface area contributed by atoms with Gasteiger partial charge in [0.05, 0.1) is 5.92 Å². The predicted octanol–water partition coefficient (Wildman–Crippen LogP) is 0.980. The van der Waals surface area contributed by atoms with Crippen LogP contribution in [0.15, 0.2) is 0 Å². The van der Waals surface area contributed by atoms with Crippen LogP contribution in [0.5, 0.6) is 0 Å². The van der Waals surface area contributed by atoms with E-state index in [9.17, 15) is 4.79 Å². The maximum Gasteiger partial charge on any atom is 0.233 e. The SMILES string of the molecule is O=C([C@@H]1CCCCn2nnnc21)N1CCN(C2CCSCC2)CC1. The number of aromatic nitrogens is 4. The topological polar surface area (TPSA) is 67.2 Å². The second kappa shape index (κ2) is 7.39. The standard InChI is InChI=1S/C16H26N6OS/c23-16(14-3-1-2-6-22-15(14)17-18-19-22)21-9-7-20(8-10-21)13-4-11-24-12-5-13/h13-14H,1-12H2/t14-/m1/s1. The van der Waals surface area contributed by atoms with Crippen LogP contribution in [0.3, 0.4) is 0 Å². The van der Waals surface area contributed by atoms with Crippen LogP contribution in [0.1, 0.15) is 43.8 Å². The molecule has 0 aliphatic carbocycles. The lowest BCUT2D eigenvalue weighted by molar-refractivity contribution is -0.135. The minimum Gasteiger partial charge on any atom is -0.339 e. The van der Waals surface area contributed by atoms with E-state index in [1.54, 1.807) is 0 Å². The average molecular weight is 350 g/mol. The molecule has 4 heterocycles. The molecule has 3 aliphatic heterocycles. The smallest absolute Gasteiger partial charge is 0.233 e. The molecule has 0 unspecified atom stereocenters. The number of piperazine rings is 1. The van der Waals surface area contributed by atoms with E-state index in [1.807, 2.05) is 9.58 Å². The van der Waals surface area contributed by atoms with Gasteiger partial charge in [-0.3, -0.25) is 9.69 Å². The molecule has 1 amide bonds. The number of thioether (sulfide) groups is 1. The predicted molar refractivity (Wildman–Crippen MR) is 92.9 cm³/mol. The van der Waals surface area contributed by atoms with Gasteiger partial charge in [0, 0.05) is 38.8 Å². The van der Waals surface area contributed by atoms with E-state index in [2.05, 4.69) is 32.2 Å². The summed E-state index contributed by atoms with van der Waals surface area (Å²) in [6, 6.07) is 0.730. The molecule has 0 N–H and O–H groups in total. The minimum atomic E-state index is -0.153. The van der Waals surface area contributed by atoms with Crippen molar-refractivity contribution in [2.24, 2.45) is 0 Å². The molecule has 4 rings (SSSR count). The van der Waals surface area contributed by atoms with Gasteiger partial charge < -0.3 is 4.90 Å². The number of hydrogen-bond acceptors (Lipinski definition) is 6. The van der Waals surface area contributed by atoms with Crippen molar-refractivity contribution < 1.29 is 4.79 Å². The molecule has 1 aromatic heterocycles. The first-order chi connectivity index (χ1) is 11.8. The third-order valence-electron chi connectivity index (χ3n) is 5.62. The van der Waals surface area contributed by atoms with Gasteiger partial charge in [0.25, 0.3) is 0 Å². The van der Waals surface area contributed by atoms with Crippen LogP contribution in [-0.4, -0.2) is 79.6 Å². The molecule has 3 aliphatic rings. The van der Waals surface area contributed by atoms with E-state index in [1.165, 1.54) is 24.3 Å². The molecule has 0 saturated carbocycles. The van der Waals surface area contributed by atoms with Crippen molar-refractivity contribution >= 4 is 17.7 Å². The zero-order valence-corrected chi connectivity index (χ0v) is 15.0. The number of rotatable bonds is 2. The summed E-state index contributed by atoms with van der Waals surface area (Å²) in [6.45, 7) is 4.55. The van der Waals surface area contributed by atoms with Gasteiger partial charge in [-0.25, -0.2) is 4.68 Å². The molecule has 8 heteroatoms. The normalized spacial score (nSPS) is 26.8. The first kappa shape index (κ1) is 16.3. The maximum atomic E-state index is 13.0. The summed E-state index contributed by atoms with van der Waals surface area (Å²) in [6.07, 6.45) is 5.59. The average Bonchev–Trinajstić information content (AvgIpc) is 3.01. The van der Waals surface area contributed by atoms with Gasteiger partial charge in [0.15, 0.2) is 5.82 Å². The second-order valence-electron chi connectivity index (χ2n) is 7.01. The van der Waals surface area contributed by atoms with Gasteiger partial charge in [0.1, 0.15) is 0 Å². The maximum absolute atomic E-state index is 13.0. The Bertz CT molecular complexity index is 565. The number of tetrazole rings is 1. The van der Waals surface area contributed by atoms with Crippen molar-refractivity contribution in [1.82, 2.24) is 30.0 Å². The second-order valence-corrected chi connectivity index (χ2v) is 8.24. The van der Waals surface area contributed by atoms with Gasteiger partial charge >= 0.3 is 0 Å². The summed E-state index contributed by atoms with van der Waals surface area (Å²) in [5.74, 6) is 3.42. The fraction of sp³-hybridized carbons (Fsp3) is 0.875. The monoisotopic (exact) mass is 350 g/mol. The van der Waals surface area contributed by atoms with Crippen molar-refractivity contribution in [1.29, 1.82) is 0 Å². The van der Waals surface area contributed by atoms with Crippen LogP contribution in [-0.2, 0) is 11.3 Å². The van der Waals surface area contributed by atoms with E-state index in [-0.39, 0.29) is 11.8 Å². The summed E-state index contributed by atoms with van der Waals surface area (Å²) < 4.78 is 1.82. The zero-order chi connectivity index (χ0) is 16.4. The summed E-state index contributed by atoms with van der Waals surface area (Å²) >= 11 is 2.07. The molecule has 24 heavy (non-hydrogen) atoms. The number of amides is 1. The lowest BCUT2D eigenvalue weighted by Gasteiger charge is -2.41. The lowest BCUT2D eigenvalue weighted by atomic mass is 10.00. The van der Waals surface area contributed by atoms with Gasteiger partial charge in [-0.2, -0.15) is 11.8 Å². The number of aryl methyl sites for hydroxylation is 1. The molecule has 132 valence electrons. The molecule has 2 fully saturated rings. The van der Waals surface area contributed by atoms with E-state index in [0.29, 0.717) is 0 Å². The van der Waals surface area contributed by atoms with Crippen molar-refractivity contribution in [2.45, 2.75) is 50.6 Å². The van der Waals surface area contributed by atoms with Crippen LogP contribution < -0.4 is 0 Å². The first-order valence-corrected chi connectivity index (χ1v) is 10.3. The summed E-state index contributed by atoms with van der Waals surface area (Å²) in [5, 5.41) is 12.0. The zero-order valence-electron chi connectivity index (χ0n) is 14.1. The van der Waals surface area contributed by atoms with E-state index < -0.39 is 0 Å². The van der Waals surface area contributed by atoms with Gasteiger partial charge in [0.2, 0.25) is 5.91 Å². The number of fused-ring (bicyclic) bond motifs is 1. The molecule has 1 atom stereocenters. The third kappa shape index (κ3) is 3.31. The van der Waals surface area contributed by atoms with E-state index >= 15 is 0 Å². The van der Waals surface area contributed by atoms with Crippen molar-refractivity contribution in [3.63, 3.8) is 0 Å². The molecule has 7 nitrogen and oxygen atoms in total. The number of nitrogens with zero attached hydrogens (tertiary/aromatic N) is 6. The Kier molecular flexibility index (Phi) is 5.03. The Labute approximate surface area is 147 Å². The molecule has 0 aromatic carbocycles. The Morgan fingerprint density at radius 3 is 2.58 bits per heavy atom. The number of carbonyl (C=O) groups is 1. The minimum absolute atomic E-state index is 0.153. The largest absolute Gasteiger partial charge is 0.339 e. The molecular weight excluding hydrogens is 324 g/mol. The lowest BCUT2D eigenvalue weighted by Crippen LogP contribution is -2.53. The molecule has 0 radical (unpaired) electrons. The van der Waals surface area contributed by atoms with Crippen molar-refractivity contribution in [3.05, 3.63) is 5.82 Å². The highest BCUT2D eigenvalue weighted by molar-refractivity contribution is 7.99. The highest BCUT2D eigenvalue weighted by Crippen LogP contribution is 2.27. The quantitative estimate of drug-likeness (QED) is 0.792. The van der Waals surface area contributed by atoms with Gasteiger partial charge in [-0.1, -0.05) is 6.42 Å². The third-order valence-corrected chi connectivity index (χ3v) is 6.66. The van der Waals surface area contributed by atoms with Crippen LogP contribution in [0.4, 0.5) is 0 Å². The van der Waals surface area contributed by atoms with Crippen LogP contribution >= 0.6 is 11.8 Å². The van der Waals surface area contributed by atoms with Crippen LogP contribution in [0.25, 0.3) is 0 Å². The Hall–Kier alpha value is -1.15. The fourth-order valence-electron chi connectivity index (χ4n) is 4.17. The summed E-state index contributed by atoms with van der Waals surface area (Å²) in [4.78, 5) is 17.7. The summed E-state index contributed by atoms with van der Waals surface area (Å²) in [7, 11) is 0. The van der Waals surface area contributed by atoms with Gasteiger partial charge in [-0.05, 0) is 47.6 Å². The highest BCUT2D eigenvalue weighted by atomic mass is 32.2. The highest BCUT2D eigenvalue weighted by Gasteiger charge is 2.34.